The predicted octanol–water partition coefficient (Wildman–Crippen LogP) is 1.95. The quantitative estimate of drug-likeness (QED) is 0.828. The van der Waals surface area contributed by atoms with Crippen molar-refractivity contribution in [2.24, 2.45) is 0 Å². The molecule has 1 saturated carbocycles. The second-order valence-electron chi connectivity index (χ2n) is 5.94. The van der Waals surface area contributed by atoms with Gasteiger partial charge in [-0.1, -0.05) is 25.0 Å². The van der Waals surface area contributed by atoms with Crippen LogP contribution >= 0.6 is 0 Å². The maximum Gasteiger partial charge on any atom is 0.0917 e. The van der Waals surface area contributed by atoms with E-state index in [4.69, 9.17) is 10.5 Å². The highest BCUT2D eigenvalue weighted by molar-refractivity contribution is 5.41. The van der Waals surface area contributed by atoms with E-state index in [2.05, 4.69) is 4.90 Å². The van der Waals surface area contributed by atoms with Crippen LogP contribution in [0.4, 0.5) is 5.69 Å². The molecule has 4 heteroatoms. The van der Waals surface area contributed by atoms with Crippen LogP contribution in [-0.2, 0) is 4.74 Å². The van der Waals surface area contributed by atoms with Crippen LogP contribution in [0.1, 0.15) is 37.4 Å². The van der Waals surface area contributed by atoms with Crippen molar-refractivity contribution in [2.45, 2.75) is 43.9 Å². The molecule has 3 atom stereocenters. The topological polar surface area (TPSA) is 58.7 Å². The Labute approximate surface area is 120 Å². The van der Waals surface area contributed by atoms with Crippen LogP contribution in [0.5, 0.6) is 0 Å². The van der Waals surface area contributed by atoms with Crippen LogP contribution in [0.25, 0.3) is 0 Å². The van der Waals surface area contributed by atoms with Gasteiger partial charge in [-0.05, 0) is 30.5 Å². The Morgan fingerprint density at radius 2 is 2.20 bits per heavy atom. The summed E-state index contributed by atoms with van der Waals surface area (Å²) in [6, 6.07) is 8.04. The van der Waals surface area contributed by atoms with E-state index in [9.17, 15) is 5.11 Å². The van der Waals surface area contributed by atoms with Crippen molar-refractivity contribution in [3.05, 3.63) is 29.8 Å². The fraction of sp³-hybridized carbons (Fsp3) is 0.625. The number of aliphatic hydroxyl groups excluding tert-OH is 1. The molecule has 110 valence electrons. The van der Waals surface area contributed by atoms with Crippen molar-refractivity contribution in [3.8, 4) is 0 Å². The molecule has 1 saturated heterocycles. The number of morpholine rings is 1. The molecule has 0 bridgehead atoms. The molecule has 2 aliphatic rings. The normalized spacial score (nSPS) is 28.9. The molecular weight excluding hydrogens is 252 g/mol. The van der Waals surface area contributed by atoms with E-state index in [1.807, 2.05) is 24.3 Å². The Balaban J connectivity index is 1.66. The number of β-amino-alcohol motifs (C(OH)–C–C–N with tert-alkyl or cyclic N) is 1. The van der Waals surface area contributed by atoms with Crippen molar-refractivity contribution in [2.75, 3.05) is 25.4 Å². The van der Waals surface area contributed by atoms with Crippen LogP contribution < -0.4 is 5.73 Å². The van der Waals surface area contributed by atoms with Crippen LogP contribution in [-0.4, -0.2) is 41.8 Å². The highest BCUT2D eigenvalue weighted by Crippen LogP contribution is 2.30. The van der Waals surface area contributed by atoms with Gasteiger partial charge >= 0.3 is 0 Å². The van der Waals surface area contributed by atoms with Gasteiger partial charge in [0.1, 0.15) is 0 Å². The monoisotopic (exact) mass is 276 g/mol. The lowest BCUT2D eigenvalue weighted by molar-refractivity contribution is -0.0974. The van der Waals surface area contributed by atoms with Gasteiger partial charge in [-0.15, -0.1) is 0 Å². The van der Waals surface area contributed by atoms with E-state index in [0.29, 0.717) is 24.4 Å². The van der Waals surface area contributed by atoms with Gasteiger partial charge in [-0.2, -0.15) is 0 Å². The SMILES string of the molecule is Nc1cccc(C(O)CN2CCOC3CCCCC32)c1. The molecule has 3 N–H and O–H groups in total. The van der Waals surface area contributed by atoms with Crippen molar-refractivity contribution in [1.82, 2.24) is 4.90 Å². The third kappa shape index (κ3) is 2.97. The second-order valence-corrected chi connectivity index (χ2v) is 5.94. The van der Waals surface area contributed by atoms with E-state index in [1.165, 1.54) is 19.3 Å². The number of hydrogen-bond acceptors (Lipinski definition) is 4. The number of nitrogens with two attached hydrogens (primary N) is 1. The minimum absolute atomic E-state index is 0.366. The largest absolute Gasteiger partial charge is 0.399 e. The summed E-state index contributed by atoms with van der Waals surface area (Å²) in [5, 5.41) is 10.4. The molecule has 1 aromatic rings. The van der Waals surface area contributed by atoms with Crippen LogP contribution in [0.2, 0.25) is 0 Å². The van der Waals surface area contributed by atoms with Crippen LogP contribution in [0.15, 0.2) is 24.3 Å². The summed E-state index contributed by atoms with van der Waals surface area (Å²) in [7, 11) is 0. The summed E-state index contributed by atoms with van der Waals surface area (Å²) >= 11 is 0. The number of nitrogens with zero attached hydrogens (tertiary/aromatic N) is 1. The summed E-state index contributed by atoms with van der Waals surface area (Å²) in [5.41, 5.74) is 7.40. The molecule has 0 spiro atoms. The standard InChI is InChI=1S/C16H24N2O2/c17-13-5-3-4-12(10-13)15(19)11-18-8-9-20-16-7-2-1-6-14(16)18/h3-5,10,14-16,19H,1-2,6-9,11,17H2. The third-order valence-electron chi connectivity index (χ3n) is 4.55. The van der Waals surface area contributed by atoms with Crippen LogP contribution in [0.3, 0.4) is 0 Å². The zero-order valence-electron chi connectivity index (χ0n) is 11.9. The number of hydrogen-bond donors (Lipinski definition) is 2. The van der Waals surface area contributed by atoms with Crippen molar-refractivity contribution in [3.63, 3.8) is 0 Å². The van der Waals surface area contributed by atoms with Gasteiger partial charge in [0.25, 0.3) is 0 Å². The molecule has 1 aliphatic carbocycles. The molecule has 2 fully saturated rings. The molecular formula is C16H24N2O2. The van der Waals surface area contributed by atoms with Gasteiger partial charge in [0, 0.05) is 24.8 Å². The molecule has 1 aliphatic heterocycles. The first-order valence-corrected chi connectivity index (χ1v) is 7.63. The lowest BCUT2D eigenvalue weighted by atomic mass is 9.89. The van der Waals surface area contributed by atoms with Crippen molar-refractivity contribution < 1.29 is 9.84 Å². The molecule has 3 rings (SSSR count). The fourth-order valence-corrected chi connectivity index (χ4v) is 3.50. The van der Waals surface area contributed by atoms with E-state index < -0.39 is 6.10 Å². The molecule has 3 unspecified atom stereocenters. The number of aliphatic hydroxyl groups is 1. The van der Waals surface area contributed by atoms with Gasteiger partial charge in [0.05, 0.1) is 18.8 Å². The Hall–Kier alpha value is -1.10. The third-order valence-corrected chi connectivity index (χ3v) is 4.55. The fourth-order valence-electron chi connectivity index (χ4n) is 3.50. The molecule has 1 aromatic carbocycles. The number of anilines is 1. The molecule has 20 heavy (non-hydrogen) atoms. The minimum Gasteiger partial charge on any atom is -0.399 e. The maximum atomic E-state index is 10.4. The van der Waals surface area contributed by atoms with Gasteiger partial charge in [0.15, 0.2) is 0 Å². The Morgan fingerprint density at radius 1 is 1.35 bits per heavy atom. The number of rotatable bonds is 3. The maximum absolute atomic E-state index is 10.4. The van der Waals surface area contributed by atoms with Gasteiger partial charge in [-0.3, -0.25) is 4.90 Å². The molecule has 0 radical (unpaired) electrons. The smallest absolute Gasteiger partial charge is 0.0917 e. The van der Waals surface area contributed by atoms with E-state index in [-0.39, 0.29) is 0 Å². The summed E-state index contributed by atoms with van der Waals surface area (Å²) in [6.45, 7) is 2.37. The summed E-state index contributed by atoms with van der Waals surface area (Å²) in [6.07, 6.45) is 4.79. The summed E-state index contributed by atoms with van der Waals surface area (Å²) in [5.74, 6) is 0. The number of benzene rings is 1. The Bertz CT molecular complexity index is 450. The summed E-state index contributed by atoms with van der Waals surface area (Å²) < 4.78 is 5.88. The first-order valence-electron chi connectivity index (χ1n) is 7.63. The Kier molecular flexibility index (Phi) is 4.24. The van der Waals surface area contributed by atoms with E-state index >= 15 is 0 Å². The first-order chi connectivity index (χ1) is 9.74. The number of fused-ring (bicyclic) bond motifs is 1. The molecule has 1 heterocycles. The van der Waals surface area contributed by atoms with Gasteiger partial charge in [-0.25, -0.2) is 0 Å². The Morgan fingerprint density at radius 3 is 3.05 bits per heavy atom. The van der Waals surface area contributed by atoms with E-state index in [1.54, 1.807) is 0 Å². The average Bonchev–Trinajstić information content (AvgIpc) is 2.47. The second kappa shape index (κ2) is 6.12. The molecule has 0 aromatic heterocycles. The van der Waals surface area contributed by atoms with Crippen molar-refractivity contribution in [1.29, 1.82) is 0 Å². The van der Waals surface area contributed by atoms with Gasteiger partial charge < -0.3 is 15.6 Å². The first kappa shape index (κ1) is 13.9. The predicted molar refractivity (Wildman–Crippen MR) is 79.4 cm³/mol. The van der Waals surface area contributed by atoms with Crippen LogP contribution in [0, 0.1) is 0 Å². The molecule has 0 amide bonds. The zero-order valence-corrected chi connectivity index (χ0v) is 11.9. The number of nitrogen functional groups attached to an aromatic ring is 1. The minimum atomic E-state index is -0.473. The lowest BCUT2D eigenvalue weighted by Crippen LogP contribution is -2.53. The zero-order chi connectivity index (χ0) is 13.9. The highest BCUT2D eigenvalue weighted by Gasteiger charge is 2.34. The lowest BCUT2D eigenvalue weighted by Gasteiger charge is -2.44. The number of ether oxygens (including phenoxy) is 1. The van der Waals surface area contributed by atoms with Crippen molar-refractivity contribution >= 4 is 5.69 Å². The van der Waals surface area contributed by atoms with Gasteiger partial charge in [0.2, 0.25) is 0 Å². The summed E-state index contributed by atoms with van der Waals surface area (Å²) in [4.78, 5) is 2.40. The highest BCUT2D eigenvalue weighted by atomic mass is 16.5. The average molecular weight is 276 g/mol. The van der Waals surface area contributed by atoms with E-state index in [0.717, 1.165) is 25.1 Å². The molecule has 4 nitrogen and oxygen atoms in total.